The molecule has 3 saturated heterocycles. The number of hydrogen-bond acceptors (Lipinski definition) is 14. The number of fused-ring (bicyclic) bond motifs is 1. The average Bonchev–Trinajstić information content (AvgIpc) is 3.81. The lowest BCUT2D eigenvalue weighted by atomic mass is 9.89. The molecular formula is C29H31N7O7S2. The van der Waals surface area contributed by atoms with Crippen LogP contribution in [0, 0.1) is 5.92 Å². The van der Waals surface area contributed by atoms with E-state index in [-0.39, 0.29) is 41.6 Å². The number of β-lactam (4-membered cyclic amide) rings is 1. The van der Waals surface area contributed by atoms with Crippen molar-refractivity contribution >= 4 is 57.7 Å². The molecule has 1 aromatic carbocycles. The number of benzene rings is 1. The van der Waals surface area contributed by atoms with Crippen molar-refractivity contribution in [2.45, 2.75) is 37.3 Å². The Kier molecular flexibility index (Phi) is 8.87. The van der Waals surface area contributed by atoms with Gasteiger partial charge in [-0.3, -0.25) is 19.3 Å². The van der Waals surface area contributed by atoms with Gasteiger partial charge in [0.15, 0.2) is 16.6 Å². The largest absolute Gasteiger partial charge is 0.497 e. The predicted octanol–water partition coefficient (Wildman–Crippen LogP) is 1.32. The number of Topliss-reactive ketones (excluding diaryl/α,β-unsaturated/α-hetero) is 1. The molecule has 1 unspecified atom stereocenters. The maximum Gasteiger partial charge on any atom is 0.355 e. The van der Waals surface area contributed by atoms with Gasteiger partial charge in [0.05, 0.1) is 18.4 Å². The Bertz CT molecular complexity index is 1610. The summed E-state index contributed by atoms with van der Waals surface area (Å²) in [5, 5.41) is 15.4. The quantitative estimate of drug-likeness (QED) is 0.0834. The smallest absolute Gasteiger partial charge is 0.355 e. The summed E-state index contributed by atoms with van der Waals surface area (Å²) < 4.78 is 14.8. The van der Waals surface area contributed by atoms with Gasteiger partial charge >= 0.3 is 5.97 Å². The first-order valence-electron chi connectivity index (χ1n) is 14.3. The van der Waals surface area contributed by atoms with Crippen LogP contribution in [0.4, 0.5) is 5.13 Å². The molecule has 0 saturated carbocycles. The van der Waals surface area contributed by atoms with Crippen molar-refractivity contribution in [3.8, 4) is 5.75 Å². The van der Waals surface area contributed by atoms with Gasteiger partial charge in [-0.2, -0.15) is 9.36 Å². The molecule has 0 aliphatic carbocycles. The highest BCUT2D eigenvalue weighted by Gasteiger charge is 2.54. The second-order valence-corrected chi connectivity index (χ2v) is 12.8. The van der Waals surface area contributed by atoms with Crippen molar-refractivity contribution in [2.24, 2.45) is 11.1 Å². The van der Waals surface area contributed by atoms with Crippen LogP contribution in [0.3, 0.4) is 0 Å². The fourth-order valence-electron chi connectivity index (χ4n) is 5.90. The Hall–Kier alpha value is -4.28. The van der Waals surface area contributed by atoms with Crippen LogP contribution in [0.25, 0.3) is 0 Å². The molecule has 45 heavy (non-hydrogen) atoms. The van der Waals surface area contributed by atoms with Gasteiger partial charge < -0.3 is 30.6 Å². The first-order chi connectivity index (χ1) is 21.8. The number of thioether (sulfide) groups is 1. The molecule has 4 aliphatic heterocycles. The zero-order chi connectivity index (χ0) is 31.7. The van der Waals surface area contributed by atoms with Crippen LogP contribution >= 0.6 is 23.3 Å². The van der Waals surface area contributed by atoms with Gasteiger partial charge in [-0.1, -0.05) is 17.3 Å². The third-order valence-electron chi connectivity index (χ3n) is 8.23. The second-order valence-electron chi connectivity index (χ2n) is 10.9. The first kappa shape index (κ1) is 30.7. The number of allylic oxidation sites excluding steroid dienone is 1. The number of hydrogen-bond donors (Lipinski definition) is 3. The minimum Gasteiger partial charge on any atom is -0.497 e. The second kappa shape index (κ2) is 13.0. The van der Waals surface area contributed by atoms with E-state index in [0.717, 1.165) is 36.6 Å². The molecule has 2 amide bonds. The van der Waals surface area contributed by atoms with Gasteiger partial charge in [0.1, 0.15) is 18.1 Å². The Balaban J connectivity index is 1.24. The Labute approximate surface area is 266 Å². The van der Waals surface area contributed by atoms with Crippen LogP contribution in [0.1, 0.15) is 30.7 Å². The number of amides is 2. The number of nitrogens with two attached hydrogens (primary N) is 1. The highest BCUT2D eigenvalue weighted by Crippen LogP contribution is 2.46. The fourth-order valence-corrected chi connectivity index (χ4v) is 7.71. The van der Waals surface area contributed by atoms with Crippen LogP contribution < -0.4 is 15.8 Å². The standard InChI is InChI=1S/C29H31N7O7S2/c1-42-19-4-2-15(3-5-19)13-43-28(40)23-17(10-16-7-9-35(25(16)38)18-6-8-31-12-18)14-44-27-20(26(39)36(23)27)11-21(37)22(33-41)24-32-29(30)45-34-24/h2-5,10,18,20,27,31,41H,6-9,11-14H2,1H3,(H2,30,32,34)/b16-10+,33-22+/t18?,20-,27-/m1/s1. The molecule has 0 spiro atoms. The number of carbonyl (C=O) groups excluding carboxylic acids is 4. The van der Waals surface area contributed by atoms with Crippen molar-refractivity contribution < 1.29 is 33.9 Å². The molecule has 3 atom stereocenters. The molecule has 14 nitrogen and oxygen atoms in total. The molecule has 5 heterocycles. The number of methoxy groups -OCH3 is 1. The van der Waals surface area contributed by atoms with Crippen molar-refractivity contribution in [2.75, 3.05) is 38.2 Å². The van der Waals surface area contributed by atoms with E-state index in [9.17, 15) is 24.4 Å². The maximum absolute atomic E-state index is 13.7. The highest BCUT2D eigenvalue weighted by atomic mass is 32.2. The van der Waals surface area contributed by atoms with Gasteiger partial charge in [0, 0.05) is 48.4 Å². The number of ether oxygens (including phenoxy) is 2. The highest BCUT2D eigenvalue weighted by molar-refractivity contribution is 8.00. The molecule has 6 rings (SSSR count). The number of carbonyl (C=O) groups is 4. The molecule has 0 bridgehead atoms. The van der Waals surface area contributed by atoms with Gasteiger partial charge in [0.25, 0.3) is 0 Å². The van der Waals surface area contributed by atoms with Crippen molar-refractivity contribution in [3.63, 3.8) is 0 Å². The molecule has 3 fully saturated rings. The summed E-state index contributed by atoms with van der Waals surface area (Å²) in [6.07, 6.45) is 2.86. The summed E-state index contributed by atoms with van der Waals surface area (Å²) in [5.74, 6) is -1.79. The lowest BCUT2D eigenvalue weighted by Gasteiger charge is -2.49. The summed E-state index contributed by atoms with van der Waals surface area (Å²) in [6, 6.07) is 7.18. The van der Waals surface area contributed by atoms with E-state index in [4.69, 9.17) is 15.2 Å². The SMILES string of the molecule is COc1ccc(COC(=O)C2=C(/C=C3\CCN(C4CCNC4)C3=O)CS[C@@H]3[C@H](CC(=O)/C(=N\O)c4nsc(N)n4)C(=O)N23)cc1. The molecule has 0 radical (unpaired) electrons. The van der Waals surface area contributed by atoms with E-state index >= 15 is 0 Å². The van der Waals surface area contributed by atoms with Crippen molar-refractivity contribution in [3.05, 3.63) is 58.6 Å². The van der Waals surface area contributed by atoms with Gasteiger partial charge in [-0.15, -0.1) is 11.8 Å². The number of nitrogens with zero attached hydrogens (tertiary/aromatic N) is 5. The number of likely N-dealkylation sites (tertiary alicyclic amines) is 1. The number of ketones is 1. The minimum absolute atomic E-state index is 0.0422. The molecule has 236 valence electrons. The number of anilines is 1. The first-order valence-corrected chi connectivity index (χ1v) is 16.2. The van der Waals surface area contributed by atoms with Crippen LogP contribution in [0.2, 0.25) is 0 Å². The topological polar surface area (TPSA) is 190 Å². The Morgan fingerprint density at radius 3 is 2.73 bits per heavy atom. The van der Waals surface area contributed by atoms with Crippen molar-refractivity contribution in [1.29, 1.82) is 0 Å². The lowest BCUT2D eigenvalue weighted by molar-refractivity contribution is -0.155. The van der Waals surface area contributed by atoms with Crippen LogP contribution in [-0.4, -0.2) is 97.6 Å². The number of nitrogens with one attached hydrogen (secondary N) is 1. The summed E-state index contributed by atoms with van der Waals surface area (Å²) >= 11 is 2.23. The molecule has 4 N–H and O–H groups in total. The molecule has 2 aromatic rings. The Morgan fingerprint density at radius 1 is 1.27 bits per heavy atom. The van der Waals surface area contributed by atoms with E-state index in [1.165, 1.54) is 16.7 Å². The Morgan fingerprint density at radius 2 is 2.07 bits per heavy atom. The van der Waals surface area contributed by atoms with Crippen LogP contribution in [0.5, 0.6) is 5.75 Å². The minimum atomic E-state index is -0.785. The summed E-state index contributed by atoms with van der Waals surface area (Å²) in [4.78, 5) is 60.7. The van der Waals surface area contributed by atoms with Gasteiger partial charge in [-0.25, -0.2) is 4.79 Å². The number of aromatic nitrogens is 2. The molecule has 4 aliphatic rings. The third kappa shape index (κ3) is 6.04. The van der Waals surface area contributed by atoms with E-state index in [2.05, 4.69) is 19.8 Å². The summed E-state index contributed by atoms with van der Waals surface area (Å²) in [6.45, 7) is 2.17. The number of nitrogen functional groups attached to an aromatic ring is 1. The zero-order valence-corrected chi connectivity index (χ0v) is 25.9. The van der Waals surface area contributed by atoms with E-state index in [1.807, 2.05) is 4.90 Å². The van der Waals surface area contributed by atoms with Gasteiger partial charge in [-0.05, 0) is 48.7 Å². The molecular weight excluding hydrogens is 622 g/mol. The number of rotatable bonds is 10. The number of esters is 1. The molecule has 16 heteroatoms. The van der Waals surface area contributed by atoms with E-state index in [1.54, 1.807) is 37.5 Å². The normalized spacial score (nSPS) is 24.2. The van der Waals surface area contributed by atoms with Gasteiger partial charge in [0.2, 0.25) is 17.6 Å². The fraction of sp³-hybridized carbons (Fsp3) is 0.414. The lowest BCUT2D eigenvalue weighted by Crippen LogP contribution is -2.62. The zero-order valence-electron chi connectivity index (χ0n) is 24.3. The van der Waals surface area contributed by atoms with Crippen molar-refractivity contribution in [1.82, 2.24) is 24.5 Å². The predicted molar refractivity (Wildman–Crippen MR) is 164 cm³/mol. The molecule has 1 aromatic heterocycles. The van der Waals surface area contributed by atoms with Crippen LogP contribution in [-0.2, 0) is 30.5 Å². The third-order valence-corrected chi connectivity index (χ3v) is 10.1. The van der Waals surface area contributed by atoms with Crippen LogP contribution in [0.15, 0.2) is 52.3 Å². The number of oxime groups is 1. The monoisotopic (exact) mass is 653 g/mol. The maximum atomic E-state index is 13.7. The summed E-state index contributed by atoms with van der Waals surface area (Å²) in [7, 11) is 1.56. The van der Waals surface area contributed by atoms with E-state index < -0.39 is 34.7 Å². The van der Waals surface area contributed by atoms with E-state index in [0.29, 0.717) is 35.6 Å². The average molecular weight is 654 g/mol. The summed E-state index contributed by atoms with van der Waals surface area (Å²) in [5.41, 5.74) is 7.10.